The number of carbonyl (C=O) groups excluding carboxylic acids is 5. The number of aryl methyl sites for hydroxylation is 1. The van der Waals surface area contributed by atoms with Gasteiger partial charge in [-0.3, -0.25) is 38.9 Å². The molecule has 0 saturated carbocycles. The highest BCUT2D eigenvalue weighted by molar-refractivity contribution is 5.98. The van der Waals surface area contributed by atoms with E-state index < -0.39 is 64.7 Å². The normalized spacial score (nSPS) is 21.9. The third kappa shape index (κ3) is 11.9. The summed E-state index contributed by atoms with van der Waals surface area (Å²) in [6, 6.07) is 12.0. The number of esters is 1. The van der Waals surface area contributed by atoms with E-state index in [4.69, 9.17) is 19.2 Å². The summed E-state index contributed by atoms with van der Waals surface area (Å²) in [5, 5.41) is 28.4. The number of cyclic esters (lactones) is 1. The number of aliphatic hydroxyl groups is 1. The Hall–Kier alpha value is -6.36. The minimum absolute atomic E-state index is 0.0436. The lowest BCUT2D eigenvalue weighted by Gasteiger charge is -2.37. The van der Waals surface area contributed by atoms with Gasteiger partial charge in [-0.15, -0.1) is 0 Å². The molecule has 3 fully saturated rings. The zero-order chi connectivity index (χ0) is 52.9. The average molecular weight is 1020 g/mol. The molecule has 18 heteroatoms. The van der Waals surface area contributed by atoms with Crippen LogP contribution in [0.5, 0.6) is 5.75 Å². The van der Waals surface area contributed by atoms with Gasteiger partial charge in [-0.25, -0.2) is 5.43 Å². The number of fused-ring (bicyclic) bond motifs is 6. The van der Waals surface area contributed by atoms with Crippen molar-refractivity contribution in [3.63, 3.8) is 0 Å². The van der Waals surface area contributed by atoms with Crippen molar-refractivity contribution in [1.82, 2.24) is 40.0 Å². The SMILES string of the molecule is CCn1c(-c2cccnc2COC)c2c3cc(ccc31)-c1cc(O)cc(c1)C[C@H](NC(=O)[C@H](C(C)C)N(C)C(=O)C1(O)CCN(C(=O)C#CCCN3CCOCC3)C1)C(=O)N1CCC[C@H](N1)C(=O)OCC(C)(C)C2. The number of benzene rings is 2. The van der Waals surface area contributed by atoms with E-state index in [-0.39, 0.29) is 44.8 Å². The van der Waals surface area contributed by atoms with Crippen molar-refractivity contribution in [3.8, 4) is 40.0 Å². The molecule has 1 unspecified atom stereocenters. The number of carbonyl (C=O) groups is 5. The van der Waals surface area contributed by atoms with Gasteiger partial charge in [-0.1, -0.05) is 45.7 Å². The molecule has 2 aromatic heterocycles. The third-order valence-corrected chi connectivity index (χ3v) is 14.7. The number of rotatable bonds is 11. The van der Waals surface area contributed by atoms with Crippen LogP contribution in [0.15, 0.2) is 54.7 Å². The van der Waals surface area contributed by atoms with Crippen molar-refractivity contribution in [1.29, 1.82) is 0 Å². The second-order valence-electron chi connectivity index (χ2n) is 21.3. The van der Waals surface area contributed by atoms with E-state index in [2.05, 4.69) is 71.0 Å². The van der Waals surface area contributed by atoms with Gasteiger partial charge in [0.05, 0.1) is 44.4 Å². The molecule has 2 aromatic carbocycles. The largest absolute Gasteiger partial charge is 0.508 e. The number of β-amino-alcohol motifs (C(OH)–C–C–N with tert-alkyl or cyclic N) is 1. The number of phenolic OH excluding ortho intramolecular Hbond substituents is 1. The maximum atomic E-state index is 14.8. The lowest BCUT2D eigenvalue weighted by molar-refractivity contribution is -0.156. The number of phenols is 1. The zero-order valence-corrected chi connectivity index (χ0v) is 43.9. The molecule has 8 rings (SSSR count). The fourth-order valence-electron chi connectivity index (χ4n) is 11.0. The summed E-state index contributed by atoms with van der Waals surface area (Å²) < 4.78 is 19.4. The van der Waals surface area contributed by atoms with E-state index in [0.29, 0.717) is 69.7 Å². The number of pyridine rings is 1. The van der Waals surface area contributed by atoms with Crippen LogP contribution in [0.25, 0.3) is 33.3 Å². The van der Waals surface area contributed by atoms with Gasteiger partial charge in [0.25, 0.3) is 17.7 Å². The van der Waals surface area contributed by atoms with Crippen LogP contribution in [0.4, 0.5) is 0 Å². The van der Waals surface area contributed by atoms with Crippen molar-refractivity contribution in [3.05, 3.63) is 71.5 Å². The van der Waals surface area contributed by atoms with E-state index in [1.807, 2.05) is 18.2 Å². The fourth-order valence-corrected chi connectivity index (χ4v) is 11.0. The number of aromatic nitrogens is 2. The summed E-state index contributed by atoms with van der Waals surface area (Å²) in [5.74, 6) is 2.13. The average Bonchev–Trinajstić information content (AvgIpc) is 3.93. The highest BCUT2D eigenvalue weighted by Crippen LogP contribution is 2.41. The number of likely N-dealkylation sites (N-methyl/N-ethyl adjacent to an activating group) is 1. The molecule has 4 amide bonds. The molecule has 18 nitrogen and oxygen atoms in total. The summed E-state index contributed by atoms with van der Waals surface area (Å²) >= 11 is 0. The second kappa shape index (κ2) is 23.0. The first-order chi connectivity index (χ1) is 35.4. The number of hydrogen-bond acceptors (Lipinski definition) is 13. The van der Waals surface area contributed by atoms with Crippen LogP contribution in [0, 0.1) is 23.2 Å². The topological polar surface area (TPSA) is 208 Å². The van der Waals surface area contributed by atoms with Gasteiger partial charge in [0.15, 0.2) is 5.60 Å². The van der Waals surface area contributed by atoms with E-state index >= 15 is 0 Å². The number of nitrogens with one attached hydrogen (secondary N) is 2. The second-order valence-corrected chi connectivity index (χ2v) is 21.3. The molecular formula is C56H72N8O10. The Labute approximate surface area is 433 Å². The van der Waals surface area contributed by atoms with Crippen LogP contribution in [-0.4, -0.2) is 166 Å². The monoisotopic (exact) mass is 1020 g/mol. The van der Waals surface area contributed by atoms with Gasteiger partial charge in [-0.05, 0) is 96.7 Å². The molecule has 74 heavy (non-hydrogen) atoms. The number of ether oxygens (including phenoxy) is 3. The molecule has 4 aliphatic heterocycles. The number of morpholine rings is 1. The Kier molecular flexibility index (Phi) is 16.8. The summed E-state index contributed by atoms with van der Waals surface area (Å²) in [5.41, 5.74) is 7.34. The highest BCUT2D eigenvalue weighted by atomic mass is 16.5. The maximum Gasteiger partial charge on any atom is 0.324 e. The summed E-state index contributed by atoms with van der Waals surface area (Å²) in [6.07, 6.45) is 3.53. The predicted octanol–water partition coefficient (Wildman–Crippen LogP) is 4.06. The van der Waals surface area contributed by atoms with Gasteiger partial charge < -0.3 is 44.1 Å². The van der Waals surface area contributed by atoms with Crippen LogP contribution in [0.3, 0.4) is 0 Å². The molecule has 3 saturated heterocycles. The highest BCUT2D eigenvalue weighted by Gasteiger charge is 2.48. The van der Waals surface area contributed by atoms with Crippen LogP contribution < -0.4 is 10.7 Å². The number of aromatic hydroxyl groups is 1. The standard InChI is InChI=1S/C56H72N8O10/c1-8-63-47-17-16-38-31-42(47)43(50(63)41-13-11-19-57-46(41)33-72-7)32-55(4,5)35-74-53(69)44-14-12-21-64(59-44)52(68)45(29-37-27-39(38)30-40(65)28-37)58-51(67)49(36(2)3)60(6)54(70)56(71)18-22-62(34-56)48(66)15-9-10-20-61-23-25-73-26-24-61/h11,13,16-17,19,27-28,30-31,36,44-45,49,59,65,71H,8,10,12,14,18,20-26,29,32-35H2,1-7H3,(H,58,67)/t44-,45-,49-,56?/m0/s1. The summed E-state index contributed by atoms with van der Waals surface area (Å²) in [7, 11) is 3.08. The smallest absolute Gasteiger partial charge is 0.324 e. The first-order valence-electron chi connectivity index (χ1n) is 25.9. The molecule has 4 N–H and O–H groups in total. The molecular weight excluding hydrogens is 945 g/mol. The van der Waals surface area contributed by atoms with Gasteiger partial charge in [0, 0.05) is 101 Å². The molecule has 4 atom stereocenters. The number of amides is 4. The van der Waals surface area contributed by atoms with Crippen molar-refractivity contribution in [2.24, 2.45) is 11.3 Å². The Morgan fingerprint density at radius 2 is 1.84 bits per heavy atom. The van der Waals surface area contributed by atoms with Crippen LogP contribution >= 0.6 is 0 Å². The van der Waals surface area contributed by atoms with E-state index in [0.717, 1.165) is 52.1 Å². The van der Waals surface area contributed by atoms with Gasteiger partial charge in [0.2, 0.25) is 5.91 Å². The lowest BCUT2D eigenvalue weighted by atomic mass is 9.84. The van der Waals surface area contributed by atoms with E-state index in [1.54, 1.807) is 39.3 Å². The van der Waals surface area contributed by atoms with Crippen molar-refractivity contribution < 1.29 is 48.4 Å². The number of nitrogens with zero attached hydrogens (tertiary/aromatic N) is 6. The first kappa shape index (κ1) is 53.9. The zero-order valence-electron chi connectivity index (χ0n) is 43.9. The van der Waals surface area contributed by atoms with Crippen molar-refractivity contribution >= 4 is 40.5 Å². The number of hydrazine groups is 1. The van der Waals surface area contributed by atoms with Crippen molar-refractivity contribution in [2.75, 3.05) is 73.2 Å². The summed E-state index contributed by atoms with van der Waals surface area (Å²) in [6.45, 7) is 14.5. The Morgan fingerprint density at radius 1 is 1.05 bits per heavy atom. The molecule has 396 valence electrons. The molecule has 0 radical (unpaired) electrons. The third-order valence-electron chi connectivity index (χ3n) is 14.7. The molecule has 6 heterocycles. The van der Waals surface area contributed by atoms with Crippen molar-refractivity contribution in [2.45, 2.75) is 110 Å². The lowest BCUT2D eigenvalue weighted by Crippen LogP contribution is -2.63. The van der Waals surface area contributed by atoms with Gasteiger partial charge in [-0.2, -0.15) is 0 Å². The Bertz CT molecular complexity index is 2810. The number of hydrogen-bond donors (Lipinski definition) is 4. The van der Waals surface area contributed by atoms with E-state index in [1.165, 1.54) is 21.9 Å². The molecule has 6 bridgehead atoms. The van der Waals surface area contributed by atoms with Crippen LogP contribution in [0.2, 0.25) is 0 Å². The quantitative estimate of drug-likeness (QED) is 0.124. The van der Waals surface area contributed by atoms with Crippen LogP contribution in [-0.2, 0) is 64.2 Å². The molecule has 0 spiro atoms. The van der Waals surface area contributed by atoms with Gasteiger partial charge >= 0.3 is 5.97 Å². The minimum atomic E-state index is -1.98. The Morgan fingerprint density at radius 3 is 2.58 bits per heavy atom. The number of methoxy groups -OCH3 is 1. The number of likely N-dealkylation sites (tertiary alicyclic amines) is 1. The summed E-state index contributed by atoms with van der Waals surface area (Å²) in [4.78, 5) is 80.4. The predicted molar refractivity (Wildman–Crippen MR) is 278 cm³/mol. The molecule has 4 aromatic rings. The molecule has 4 aliphatic rings. The van der Waals surface area contributed by atoms with E-state index in [9.17, 15) is 34.2 Å². The Balaban J connectivity index is 1.10. The fraction of sp³-hybridized carbons (Fsp3) is 0.536. The minimum Gasteiger partial charge on any atom is -0.508 e. The van der Waals surface area contributed by atoms with Crippen LogP contribution in [0.1, 0.15) is 77.1 Å². The maximum absolute atomic E-state index is 14.8. The van der Waals surface area contributed by atoms with Gasteiger partial charge in [0.1, 0.15) is 23.9 Å². The molecule has 0 aliphatic carbocycles. The first-order valence-corrected chi connectivity index (χ1v) is 25.9.